The third-order valence-electron chi connectivity index (χ3n) is 4.56. The molecule has 1 unspecified atom stereocenters. The lowest BCUT2D eigenvalue weighted by Gasteiger charge is -2.22. The third kappa shape index (κ3) is 6.81. The Morgan fingerprint density at radius 2 is 1.44 bits per heavy atom. The minimum atomic E-state index is -0.684. The zero-order valence-corrected chi connectivity index (χ0v) is 19.4. The standard InChI is InChI=1S/C24H27N5O2S/c1-15(2)21(29-23(31)28-18-8-6-5-7-9-18)22(30)27-19-10-12-20(13-11-19)32-24-25-16(3)14-17(4)26-24/h5-15,21H,1-4H3,(H,27,30)(H2,28,29,31). The number of urea groups is 1. The van der Waals surface area contributed by atoms with Gasteiger partial charge in [0.05, 0.1) is 0 Å². The van der Waals surface area contributed by atoms with E-state index in [0.717, 1.165) is 16.3 Å². The van der Waals surface area contributed by atoms with Crippen LogP contribution in [0.5, 0.6) is 0 Å². The first-order valence-corrected chi connectivity index (χ1v) is 11.2. The lowest BCUT2D eigenvalue weighted by atomic mass is 10.0. The van der Waals surface area contributed by atoms with Crippen LogP contribution in [-0.4, -0.2) is 27.9 Å². The molecular weight excluding hydrogens is 422 g/mol. The van der Waals surface area contributed by atoms with Crippen molar-refractivity contribution in [1.82, 2.24) is 15.3 Å². The van der Waals surface area contributed by atoms with Gasteiger partial charge >= 0.3 is 6.03 Å². The summed E-state index contributed by atoms with van der Waals surface area (Å²) in [5, 5.41) is 9.06. The monoisotopic (exact) mass is 449 g/mol. The number of aryl methyl sites for hydroxylation is 2. The van der Waals surface area contributed by atoms with Crippen LogP contribution in [0, 0.1) is 19.8 Å². The molecular formula is C24H27N5O2S. The van der Waals surface area contributed by atoms with Gasteiger partial charge in [0, 0.05) is 27.7 Å². The second-order valence-corrected chi connectivity index (χ2v) is 8.78. The number of carbonyl (C=O) groups excluding carboxylic acids is 2. The fraction of sp³-hybridized carbons (Fsp3) is 0.250. The van der Waals surface area contributed by atoms with Crippen molar-refractivity contribution in [2.24, 2.45) is 5.92 Å². The normalized spacial score (nSPS) is 11.7. The molecule has 1 atom stereocenters. The average molecular weight is 450 g/mol. The first-order valence-electron chi connectivity index (χ1n) is 10.3. The molecule has 3 aromatic rings. The Balaban J connectivity index is 1.60. The van der Waals surface area contributed by atoms with E-state index in [4.69, 9.17) is 0 Å². The van der Waals surface area contributed by atoms with Gasteiger partial charge in [-0.3, -0.25) is 4.79 Å². The summed E-state index contributed by atoms with van der Waals surface area (Å²) in [5.41, 5.74) is 3.16. The number of hydrogen-bond acceptors (Lipinski definition) is 5. The van der Waals surface area contributed by atoms with E-state index >= 15 is 0 Å². The summed E-state index contributed by atoms with van der Waals surface area (Å²) in [6, 6.07) is 17.4. The minimum absolute atomic E-state index is 0.0898. The molecule has 0 aliphatic rings. The maximum Gasteiger partial charge on any atom is 0.319 e. The van der Waals surface area contributed by atoms with Crippen molar-refractivity contribution in [3.05, 3.63) is 72.1 Å². The van der Waals surface area contributed by atoms with Crippen LogP contribution in [0.2, 0.25) is 0 Å². The Labute approximate surface area is 192 Å². The molecule has 0 spiro atoms. The highest BCUT2D eigenvalue weighted by Gasteiger charge is 2.24. The average Bonchev–Trinajstić information content (AvgIpc) is 2.73. The molecule has 0 saturated heterocycles. The molecule has 0 aliphatic carbocycles. The summed E-state index contributed by atoms with van der Waals surface area (Å²) in [7, 11) is 0. The maximum atomic E-state index is 12.8. The Kier molecular flexibility index (Phi) is 7.83. The summed E-state index contributed by atoms with van der Waals surface area (Å²) < 4.78 is 0. The van der Waals surface area contributed by atoms with Gasteiger partial charge in [0.2, 0.25) is 5.91 Å². The predicted molar refractivity (Wildman–Crippen MR) is 128 cm³/mol. The number of para-hydroxylation sites is 1. The Morgan fingerprint density at radius 3 is 2.03 bits per heavy atom. The zero-order chi connectivity index (χ0) is 23.1. The smallest absolute Gasteiger partial charge is 0.319 e. The summed E-state index contributed by atoms with van der Waals surface area (Å²) in [4.78, 5) is 35.0. The van der Waals surface area contributed by atoms with Crippen LogP contribution in [0.15, 0.2) is 70.7 Å². The van der Waals surface area contributed by atoms with Crippen molar-refractivity contribution in [2.45, 2.75) is 43.8 Å². The number of nitrogens with one attached hydrogen (secondary N) is 3. The van der Waals surface area contributed by atoms with Gasteiger partial charge in [-0.1, -0.05) is 32.0 Å². The number of aromatic nitrogens is 2. The predicted octanol–water partition coefficient (Wildman–Crippen LogP) is 5.03. The maximum absolute atomic E-state index is 12.8. The molecule has 0 fully saturated rings. The van der Waals surface area contributed by atoms with Crippen molar-refractivity contribution in [3.8, 4) is 0 Å². The molecule has 0 radical (unpaired) electrons. The van der Waals surface area contributed by atoms with Crippen molar-refractivity contribution >= 4 is 35.1 Å². The van der Waals surface area contributed by atoms with Crippen LogP contribution in [-0.2, 0) is 4.79 Å². The number of amides is 3. The fourth-order valence-electron chi connectivity index (χ4n) is 3.04. The molecule has 1 heterocycles. The van der Waals surface area contributed by atoms with Gasteiger partial charge < -0.3 is 16.0 Å². The van der Waals surface area contributed by atoms with Gasteiger partial charge in [0.1, 0.15) is 6.04 Å². The lowest BCUT2D eigenvalue weighted by molar-refractivity contribution is -0.118. The van der Waals surface area contributed by atoms with Gasteiger partial charge in [0.15, 0.2) is 5.16 Å². The van der Waals surface area contributed by atoms with Gasteiger partial charge in [-0.25, -0.2) is 14.8 Å². The zero-order valence-electron chi connectivity index (χ0n) is 18.5. The molecule has 166 valence electrons. The van der Waals surface area contributed by atoms with Crippen LogP contribution in [0.3, 0.4) is 0 Å². The van der Waals surface area contributed by atoms with E-state index in [1.807, 2.05) is 76.2 Å². The third-order valence-corrected chi connectivity index (χ3v) is 5.43. The number of rotatable bonds is 7. The first-order chi connectivity index (χ1) is 15.3. The van der Waals surface area contributed by atoms with E-state index in [-0.39, 0.29) is 11.8 Å². The Hall–Kier alpha value is -3.39. The van der Waals surface area contributed by atoms with Crippen LogP contribution < -0.4 is 16.0 Å². The lowest BCUT2D eigenvalue weighted by Crippen LogP contribution is -2.48. The van der Waals surface area contributed by atoms with Crippen molar-refractivity contribution in [2.75, 3.05) is 10.6 Å². The van der Waals surface area contributed by atoms with Gasteiger partial charge in [0.25, 0.3) is 0 Å². The summed E-state index contributed by atoms with van der Waals surface area (Å²) in [6.45, 7) is 7.65. The number of carbonyl (C=O) groups is 2. The molecule has 32 heavy (non-hydrogen) atoms. The highest BCUT2D eigenvalue weighted by atomic mass is 32.2. The van der Waals surface area contributed by atoms with E-state index in [0.29, 0.717) is 16.5 Å². The molecule has 2 aromatic carbocycles. The molecule has 0 bridgehead atoms. The second-order valence-electron chi connectivity index (χ2n) is 7.74. The second kappa shape index (κ2) is 10.8. The van der Waals surface area contributed by atoms with Crippen molar-refractivity contribution in [1.29, 1.82) is 0 Å². The molecule has 7 nitrogen and oxygen atoms in total. The number of nitrogens with zero attached hydrogens (tertiary/aromatic N) is 2. The topological polar surface area (TPSA) is 96.0 Å². The quantitative estimate of drug-likeness (QED) is 0.440. The fourth-order valence-corrected chi connectivity index (χ4v) is 3.90. The van der Waals surface area contributed by atoms with Crippen LogP contribution in [0.25, 0.3) is 0 Å². The largest absolute Gasteiger partial charge is 0.326 e. The molecule has 8 heteroatoms. The summed E-state index contributed by atoms with van der Waals surface area (Å²) in [6.07, 6.45) is 0. The summed E-state index contributed by atoms with van der Waals surface area (Å²) >= 11 is 1.46. The van der Waals surface area contributed by atoms with Crippen LogP contribution in [0.1, 0.15) is 25.2 Å². The van der Waals surface area contributed by atoms with Gasteiger partial charge in [-0.05, 0) is 74.0 Å². The van der Waals surface area contributed by atoms with Crippen molar-refractivity contribution < 1.29 is 9.59 Å². The van der Waals surface area contributed by atoms with Gasteiger partial charge in [-0.15, -0.1) is 0 Å². The Morgan fingerprint density at radius 1 is 0.844 bits per heavy atom. The number of hydrogen-bond donors (Lipinski definition) is 3. The van der Waals surface area contributed by atoms with Gasteiger partial charge in [-0.2, -0.15) is 0 Å². The molecule has 0 aliphatic heterocycles. The molecule has 3 amide bonds. The van der Waals surface area contributed by atoms with Crippen LogP contribution in [0.4, 0.5) is 16.2 Å². The van der Waals surface area contributed by atoms with E-state index in [1.165, 1.54) is 11.8 Å². The molecule has 0 saturated carbocycles. The SMILES string of the molecule is Cc1cc(C)nc(Sc2ccc(NC(=O)C(NC(=O)Nc3ccccc3)C(C)C)cc2)n1. The first kappa shape index (κ1) is 23.3. The van der Waals surface area contributed by atoms with E-state index in [2.05, 4.69) is 25.9 Å². The molecule has 1 aromatic heterocycles. The Bertz CT molecular complexity index is 1050. The summed E-state index contributed by atoms with van der Waals surface area (Å²) in [5.74, 6) is -0.366. The minimum Gasteiger partial charge on any atom is -0.326 e. The number of benzene rings is 2. The highest BCUT2D eigenvalue weighted by molar-refractivity contribution is 7.99. The van der Waals surface area contributed by atoms with Crippen LogP contribution >= 0.6 is 11.8 Å². The van der Waals surface area contributed by atoms with E-state index in [9.17, 15) is 9.59 Å². The van der Waals surface area contributed by atoms with Crippen molar-refractivity contribution in [3.63, 3.8) is 0 Å². The van der Waals surface area contributed by atoms with E-state index in [1.54, 1.807) is 12.1 Å². The molecule has 3 N–H and O–H groups in total. The highest BCUT2D eigenvalue weighted by Crippen LogP contribution is 2.26. The number of anilines is 2. The van der Waals surface area contributed by atoms with E-state index < -0.39 is 12.1 Å². The molecule has 3 rings (SSSR count).